The van der Waals surface area contributed by atoms with Gasteiger partial charge in [-0.25, -0.2) is 0 Å². The molecule has 1 N–H and O–H groups in total. The second kappa shape index (κ2) is 5.51. The first-order valence-corrected chi connectivity index (χ1v) is 8.04. The zero-order chi connectivity index (χ0) is 15.9. The average Bonchev–Trinajstić information content (AvgIpc) is 2.87. The second-order valence-corrected chi connectivity index (χ2v) is 7.00. The first-order valence-electron chi connectivity index (χ1n) is 8.04. The van der Waals surface area contributed by atoms with E-state index in [-0.39, 0.29) is 17.6 Å². The summed E-state index contributed by atoms with van der Waals surface area (Å²) in [7, 11) is 0. The lowest BCUT2D eigenvalue weighted by Crippen LogP contribution is -2.47. The Labute approximate surface area is 131 Å². The molecule has 1 amide bonds. The van der Waals surface area contributed by atoms with Crippen molar-refractivity contribution in [2.45, 2.75) is 45.1 Å². The summed E-state index contributed by atoms with van der Waals surface area (Å²) in [6.07, 6.45) is 3.03. The molecule has 1 aromatic rings. The molecule has 1 saturated heterocycles. The van der Waals surface area contributed by atoms with Gasteiger partial charge in [0.25, 0.3) is 5.91 Å². The molecular formula is C18H23NO3. The van der Waals surface area contributed by atoms with Crippen LogP contribution in [-0.4, -0.2) is 40.4 Å². The van der Waals surface area contributed by atoms with Gasteiger partial charge in [-0.05, 0) is 44.7 Å². The highest BCUT2D eigenvalue weighted by Crippen LogP contribution is 2.30. The Morgan fingerprint density at radius 2 is 2.09 bits per heavy atom. The number of carbonyl (C=O) groups is 2. The molecule has 1 aromatic carbocycles. The quantitative estimate of drug-likeness (QED) is 0.913. The van der Waals surface area contributed by atoms with Crippen molar-refractivity contribution in [3.05, 3.63) is 34.9 Å². The molecule has 0 aromatic heterocycles. The number of piperidine rings is 1. The van der Waals surface area contributed by atoms with Crippen LogP contribution in [0.3, 0.4) is 0 Å². The van der Waals surface area contributed by atoms with Gasteiger partial charge in [-0.2, -0.15) is 0 Å². The van der Waals surface area contributed by atoms with Crippen LogP contribution in [0.2, 0.25) is 0 Å². The van der Waals surface area contributed by atoms with Gasteiger partial charge in [-0.3, -0.25) is 9.59 Å². The topological polar surface area (TPSA) is 57.6 Å². The van der Waals surface area contributed by atoms with E-state index in [1.165, 1.54) is 0 Å². The Hall–Kier alpha value is -1.68. The fourth-order valence-electron chi connectivity index (χ4n) is 3.60. The van der Waals surface area contributed by atoms with Crippen molar-refractivity contribution >= 4 is 11.7 Å². The number of aliphatic hydroxyl groups is 1. The van der Waals surface area contributed by atoms with Crippen LogP contribution in [0.5, 0.6) is 0 Å². The molecule has 1 unspecified atom stereocenters. The van der Waals surface area contributed by atoms with E-state index in [0.717, 1.165) is 24.9 Å². The second-order valence-electron chi connectivity index (χ2n) is 7.00. The van der Waals surface area contributed by atoms with Gasteiger partial charge in [0, 0.05) is 36.6 Å². The number of likely N-dealkylation sites (tertiary alicyclic amines) is 1. The van der Waals surface area contributed by atoms with E-state index in [1.54, 1.807) is 6.07 Å². The summed E-state index contributed by atoms with van der Waals surface area (Å²) >= 11 is 0. The molecule has 22 heavy (non-hydrogen) atoms. The molecule has 1 aliphatic carbocycles. The lowest BCUT2D eigenvalue weighted by molar-refractivity contribution is -0.0146. The predicted molar refractivity (Wildman–Crippen MR) is 84.0 cm³/mol. The van der Waals surface area contributed by atoms with Crippen LogP contribution in [0, 0.1) is 5.92 Å². The smallest absolute Gasteiger partial charge is 0.254 e. The molecule has 1 aliphatic heterocycles. The molecule has 1 heterocycles. The summed E-state index contributed by atoms with van der Waals surface area (Å²) < 4.78 is 0. The Bertz CT molecular complexity index is 615. The predicted octanol–water partition coefficient (Wildman–Crippen LogP) is 2.44. The summed E-state index contributed by atoms with van der Waals surface area (Å²) in [5, 5.41) is 10.2. The molecule has 1 atom stereocenters. The number of hydrogen-bond donors (Lipinski definition) is 1. The SMILES string of the molecule is CC(C)(O)C1CCCN(C(=O)c2cccc3c2CCC3=O)C1. The Kier molecular flexibility index (Phi) is 3.81. The number of Topliss-reactive ketones (excluding diaryl/α,β-unsaturated/α-hetero) is 1. The minimum Gasteiger partial charge on any atom is -0.390 e. The van der Waals surface area contributed by atoms with Crippen molar-refractivity contribution in [1.29, 1.82) is 0 Å². The maximum atomic E-state index is 12.9. The molecule has 0 saturated carbocycles. The van der Waals surface area contributed by atoms with Crippen molar-refractivity contribution in [2.24, 2.45) is 5.92 Å². The minimum absolute atomic E-state index is 0.000463. The number of rotatable bonds is 2. The molecule has 4 heteroatoms. The van der Waals surface area contributed by atoms with Gasteiger partial charge in [-0.1, -0.05) is 12.1 Å². The van der Waals surface area contributed by atoms with Crippen LogP contribution in [0.15, 0.2) is 18.2 Å². The van der Waals surface area contributed by atoms with Crippen molar-refractivity contribution < 1.29 is 14.7 Å². The van der Waals surface area contributed by atoms with Gasteiger partial charge in [0.1, 0.15) is 0 Å². The van der Waals surface area contributed by atoms with Crippen molar-refractivity contribution in [1.82, 2.24) is 4.90 Å². The van der Waals surface area contributed by atoms with Gasteiger partial charge in [0.15, 0.2) is 5.78 Å². The summed E-state index contributed by atoms with van der Waals surface area (Å²) in [6, 6.07) is 5.44. The van der Waals surface area contributed by atoms with Crippen LogP contribution in [-0.2, 0) is 6.42 Å². The summed E-state index contributed by atoms with van der Waals surface area (Å²) in [6.45, 7) is 4.93. The van der Waals surface area contributed by atoms with Crippen molar-refractivity contribution in [2.75, 3.05) is 13.1 Å². The highest BCUT2D eigenvalue weighted by atomic mass is 16.3. The molecule has 2 aliphatic rings. The van der Waals surface area contributed by atoms with E-state index >= 15 is 0 Å². The van der Waals surface area contributed by atoms with Crippen LogP contribution in [0.1, 0.15) is 59.4 Å². The van der Waals surface area contributed by atoms with E-state index < -0.39 is 5.60 Å². The zero-order valence-electron chi connectivity index (χ0n) is 13.3. The van der Waals surface area contributed by atoms with E-state index in [9.17, 15) is 14.7 Å². The Morgan fingerprint density at radius 3 is 2.82 bits per heavy atom. The van der Waals surface area contributed by atoms with E-state index in [0.29, 0.717) is 30.5 Å². The van der Waals surface area contributed by atoms with E-state index in [4.69, 9.17) is 0 Å². The largest absolute Gasteiger partial charge is 0.390 e. The minimum atomic E-state index is -0.770. The van der Waals surface area contributed by atoms with Gasteiger partial charge in [-0.15, -0.1) is 0 Å². The van der Waals surface area contributed by atoms with Crippen molar-refractivity contribution in [3.8, 4) is 0 Å². The number of amides is 1. The number of ketones is 1. The molecule has 0 bridgehead atoms. The molecule has 0 spiro atoms. The molecule has 4 nitrogen and oxygen atoms in total. The number of fused-ring (bicyclic) bond motifs is 1. The first kappa shape index (κ1) is 15.2. The third-order valence-corrected chi connectivity index (χ3v) is 5.02. The highest BCUT2D eigenvalue weighted by Gasteiger charge is 2.34. The maximum Gasteiger partial charge on any atom is 0.254 e. The normalized spacial score (nSPS) is 21.9. The van der Waals surface area contributed by atoms with Crippen LogP contribution in [0.25, 0.3) is 0 Å². The number of benzene rings is 1. The summed E-state index contributed by atoms with van der Waals surface area (Å²) in [5.74, 6) is 0.238. The standard InChI is InChI=1S/C18H23NO3/c1-18(2,22)12-5-4-10-19(11-12)17(21)15-7-3-6-14-13(15)8-9-16(14)20/h3,6-7,12,22H,4-5,8-11H2,1-2H3. The van der Waals surface area contributed by atoms with Crippen LogP contribution in [0.4, 0.5) is 0 Å². The van der Waals surface area contributed by atoms with Crippen LogP contribution < -0.4 is 0 Å². The third-order valence-electron chi connectivity index (χ3n) is 5.02. The summed E-state index contributed by atoms with van der Waals surface area (Å²) in [4.78, 5) is 26.6. The lowest BCUT2D eigenvalue weighted by atomic mass is 9.84. The highest BCUT2D eigenvalue weighted by molar-refractivity contribution is 6.05. The number of nitrogens with zero attached hydrogens (tertiary/aromatic N) is 1. The van der Waals surface area contributed by atoms with Gasteiger partial charge in [0.05, 0.1) is 5.60 Å². The Balaban J connectivity index is 1.85. The molecule has 118 valence electrons. The van der Waals surface area contributed by atoms with E-state index in [1.807, 2.05) is 30.9 Å². The molecule has 0 radical (unpaired) electrons. The molecular weight excluding hydrogens is 278 g/mol. The first-order chi connectivity index (χ1) is 10.4. The molecule has 1 fully saturated rings. The maximum absolute atomic E-state index is 12.9. The number of hydrogen-bond acceptors (Lipinski definition) is 3. The average molecular weight is 301 g/mol. The molecule has 3 rings (SSSR count). The zero-order valence-corrected chi connectivity index (χ0v) is 13.3. The van der Waals surface area contributed by atoms with Gasteiger partial charge >= 0.3 is 0 Å². The van der Waals surface area contributed by atoms with E-state index in [2.05, 4.69) is 0 Å². The fraction of sp³-hybridized carbons (Fsp3) is 0.556. The monoisotopic (exact) mass is 301 g/mol. The van der Waals surface area contributed by atoms with Crippen molar-refractivity contribution in [3.63, 3.8) is 0 Å². The Morgan fingerprint density at radius 1 is 1.32 bits per heavy atom. The van der Waals surface area contributed by atoms with Gasteiger partial charge in [0.2, 0.25) is 0 Å². The lowest BCUT2D eigenvalue weighted by Gasteiger charge is -2.39. The fourth-order valence-corrected chi connectivity index (χ4v) is 3.60. The third kappa shape index (κ3) is 2.68. The van der Waals surface area contributed by atoms with Gasteiger partial charge < -0.3 is 10.0 Å². The van der Waals surface area contributed by atoms with Crippen LogP contribution >= 0.6 is 0 Å². The number of carbonyl (C=O) groups excluding carboxylic acids is 2. The summed E-state index contributed by atoms with van der Waals surface area (Å²) in [5.41, 5.74) is 1.51.